The molecule has 0 unspecified atom stereocenters. The van der Waals surface area contributed by atoms with Gasteiger partial charge >= 0.3 is 0 Å². The van der Waals surface area contributed by atoms with Crippen LogP contribution in [0.15, 0.2) is 78.7 Å². The van der Waals surface area contributed by atoms with Gasteiger partial charge in [-0.1, -0.05) is 30.0 Å². The molecule has 0 aliphatic rings. The van der Waals surface area contributed by atoms with Crippen molar-refractivity contribution in [3.05, 3.63) is 85.0 Å². The molecule has 0 saturated carbocycles. The van der Waals surface area contributed by atoms with Gasteiger partial charge in [-0.25, -0.2) is 19.0 Å². The van der Waals surface area contributed by atoms with E-state index in [0.29, 0.717) is 10.8 Å². The molecule has 4 rings (SSSR count). The summed E-state index contributed by atoms with van der Waals surface area (Å²) in [6.07, 6.45) is 6.48. The van der Waals surface area contributed by atoms with Gasteiger partial charge in [0.25, 0.3) is 0 Å². The first-order valence-electron chi connectivity index (χ1n) is 9.26. The minimum Gasteiger partial charge on any atom is -0.349 e. The molecule has 2 aromatic heterocycles. The summed E-state index contributed by atoms with van der Waals surface area (Å²) in [6, 6.07) is 13.9. The quantitative estimate of drug-likeness (QED) is 0.461. The number of halogens is 1. The molecule has 152 valence electrons. The van der Waals surface area contributed by atoms with Crippen LogP contribution in [-0.2, 0) is 4.79 Å². The van der Waals surface area contributed by atoms with Crippen molar-refractivity contribution in [3.8, 4) is 11.4 Å². The second kappa shape index (κ2) is 8.91. The molecule has 0 aliphatic carbocycles. The first kappa shape index (κ1) is 19.8. The summed E-state index contributed by atoms with van der Waals surface area (Å²) in [5.41, 5.74) is 2.55. The number of nitrogens with one attached hydrogen (secondary N) is 1. The van der Waals surface area contributed by atoms with E-state index in [1.807, 2.05) is 31.2 Å². The van der Waals surface area contributed by atoms with Gasteiger partial charge in [-0.15, -0.1) is 0 Å². The van der Waals surface area contributed by atoms with Gasteiger partial charge in [0.1, 0.15) is 18.5 Å². The van der Waals surface area contributed by atoms with E-state index in [0.717, 1.165) is 11.3 Å². The number of aromatic nitrogens is 5. The number of amides is 1. The van der Waals surface area contributed by atoms with Crippen LogP contribution in [0.5, 0.6) is 0 Å². The number of imidazole rings is 1. The van der Waals surface area contributed by atoms with Crippen LogP contribution in [0.1, 0.15) is 18.5 Å². The van der Waals surface area contributed by atoms with E-state index in [9.17, 15) is 9.18 Å². The second-order valence-corrected chi connectivity index (χ2v) is 7.51. The number of thioether (sulfide) groups is 1. The first-order chi connectivity index (χ1) is 14.6. The highest BCUT2D eigenvalue weighted by Gasteiger charge is 2.13. The number of carbonyl (C=O) groups excluding carboxylic acids is 1. The van der Waals surface area contributed by atoms with Gasteiger partial charge in [0.05, 0.1) is 23.2 Å². The van der Waals surface area contributed by atoms with Gasteiger partial charge in [0, 0.05) is 12.4 Å². The summed E-state index contributed by atoms with van der Waals surface area (Å²) in [7, 11) is 0. The van der Waals surface area contributed by atoms with Crippen LogP contribution in [0.2, 0.25) is 0 Å². The first-order valence-corrected chi connectivity index (χ1v) is 10.2. The van der Waals surface area contributed by atoms with Crippen molar-refractivity contribution in [1.29, 1.82) is 0 Å². The predicted molar refractivity (Wildman–Crippen MR) is 112 cm³/mol. The third-order valence-corrected chi connectivity index (χ3v) is 5.45. The molecule has 9 heteroatoms. The summed E-state index contributed by atoms with van der Waals surface area (Å²) in [5, 5.41) is 7.71. The van der Waals surface area contributed by atoms with E-state index in [1.54, 1.807) is 40.1 Å². The molecule has 0 bridgehead atoms. The van der Waals surface area contributed by atoms with E-state index >= 15 is 0 Å². The van der Waals surface area contributed by atoms with E-state index in [2.05, 4.69) is 20.4 Å². The number of hydrogen-bond acceptors (Lipinski definition) is 5. The van der Waals surface area contributed by atoms with Crippen LogP contribution >= 0.6 is 11.8 Å². The van der Waals surface area contributed by atoms with Crippen molar-refractivity contribution in [1.82, 2.24) is 29.6 Å². The third kappa shape index (κ3) is 4.57. The van der Waals surface area contributed by atoms with Crippen molar-refractivity contribution < 1.29 is 9.18 Å². The smallest absolute Gasteiger partial charge is 0.230 e. The van der Waals surface area contributed by atoms with Gasteiger partial charge < -0.3 is 5.32 Å². The Balaban J connectivity index is 1.35. The van der Waals surface area contributed by atoms with Gasteiger partial charge in [0.2, 0.25) is 5.91 Å². The van der Waals surface area contributed by atoms with E-state index in [-0.39, 0.29) is 23.5 Å². The lowest BCUT2D eigenvalue weighted by molar-refractivity contribution is -0.119. The topological polar surface area (TPSA) is 77.6 Å². The van der Waals surface area contributed by atoms with Crippen LogP contribution in [0.25, 0.3) is 11.4 Å². The van der Waals surface area contributed by atoms with Crippen molar-refractivity contribution in [2.75, 3.05) is 5.75 Å². The summed E-state index contributed by atoms with van der Waals surface area (Å²) in [4.78, 5) is 20.6. The van der Waals surface area contributed by atoms with Gasteiger partial charge in [0.15, 0.2) is 5.16 Å². The Morgan fingerprint density at radius 2 is 2.03 bits per heavy atom. The van der Waals surface area contributed by atoms with Crippen molar-refractivity contribution in [2.45, 2.75) is 18.1 Å². The molecule has 30 heavy (non-hydrogen) atoms. The molecule has 0 spiro atoms. The Kier molecular flexibility index (Phi) is 5.89. The summed E-state index contributed by atoms with van der Waals surface area (Å²) < 4.78 is 16.9. The number of benzene rings is 2. The highest BCUT2D eigenvalue weighted by molar-refractivity contribution is 7.99. The molecule has 2 aromatic carbocycles. The molecule has 0 radical (unpaired) electrons. The highest BCUT2D eigenvalue weighted by Crippen LogP contribution is 2.21. The Morgan fingerprint density at radius 1 is 1.20 bits per heavy atom. The molecule has 0 aliphatic heterocycles. The third-order valence-electron chi connectivity index (χ3n) is 4.48. The molecule has 1 atom stereocenters. The molecule has 2 heterocycles. The number of hydrogen-bond donors (Lipinski definition) is 1. The number of rotatable bonds is 7. The Bertz CT molecular complexity index is 1130. The molecule has 7 nitrogen and oxygen atoms in total. The van der Waals surface area contributed by atoms with Crippen LogP contribution in [-0.4, -0.2) is 36.0 Å². The van der Waals surface area contributed by atoms with Crippen LogP contribution in [0, 0.1) is 5.82 Å². The van der Waals surface area contributed by atoms with E-state index in [4.69, 9.17) is 0 Å². The fourth-order valence-corrected chi connectivity index (χ4v) is 3.76. The minimum atomic E-state index is -0.321. The van der Waals surface area contributed by atoms with Crippen molar-refractivity contribution >= 4 is 17.7 Å². The fraction of sp³-hybridized carbons (Fsp3) is 0.143. The maximum atomic E-state index is 13.5. The average Bonchev–Trinajstić information content (AvgIpc) is 3.44. The summed E-state index contributed by atoms with van der Waals surface area (Å²) in [6.45, 7) is 1.93. The Morgan fingerprint density at radius 3 is 2.77 bits per heavy atom. The average molecular weight is 422 g/mol. The molecule has 1 amide bonds. The molecular formula is C21H19FN6OS. The lowest BCUT2D eigenvalue weighted by Gasteiger charge is -2.15. The van der Waals surface area contributed by atoms with Crippen LogP contribution in [0.3, 0.4) is 0 Å². The predicted octanol–water partition coefficient (Wildman–Crippen LogP) is 3.56. The van der Waals surface area contributed by atoms with E-state index < -0.39 is 0 Å². The Hall–Kier alpha value is -3.46. The summed E-state index contributed by atoms with van der Waals surface area (Å²) >= 11 is 1.30. The Labute approximate surface area is 177 Å². The zero-order valence-corrected chi connectivity index (χ0v) is 17.0. The lowest BCUT2D eigenvalue weighted by Crippen LogP contribution is -2.28. The molecule has 1 N–H and O–H groups in total. The second-order valence-electron chi connectivity index (χ2n) is 6.57. The zero-order chi connectivity index (χ0) is 20.9. The van der Waals surface area contributed by atoms with Crippen molar-refractivity contribution in [3.63, 3.8) is 0 Å². The van der Waals surface area contributed by atoms with E-state index in [1.165, 1.54) is 30.2 Å². The monoisotopic (exact) mass is 422 g/mol. The normalized spacial score (nSPS) is 11.9. The standard InChI is InChI=1S/C21H19FN6OS/c1-15(16-5-7-18(8-6-16)28-14-23-13-25-28)26-20(29)12-30-21-24-9-10-27(21)19-4-2-3-17(22)11-19/h2-11,13-15H,12H2,1H3,(H,26,29)/t15-/m1/s1. The summed E-state index contributed by atoms with van der Waals surface area (Å²) in [5.74, 6) is -0.228. The largest absolute Gasteiger partial charge is 0.349 e. The molecule has 0 fully saturated rings. The van der Waals surface area contributed by atoms with Gasteiger partial charge in [-0.2, -0.15) is 5.10 Å². The van der Waals surface area contributed by atoms with Gasteiger partial charge in [-0.05, 0) is 42.8 Å². The maximum absolute atomic E-state index is 13.5. The molecular weight excluding hydrogens is 403 g/mol. The van der Waals surface area contributed by atoms with Crippen molar-refractivity contribution in [2.24, 2.45) is 0 Å². The maximum Gasteiger partial charge on any atom is 0.230 e. The zero-order valence-electron chi connectivity index (χ0n) is 16.1. The minimum absolute atomic E-state index is 0.110. The SMILES string of the molecule is C[C@@H](NC(=O)CSc1nccn1-c1cccc(F)c1)c1ccc(-n2cncn2)cc1. The number of nitrogens with zero attached hydrogens (tertiary/aromatic N) is 5. The molecule has 0 saturated heterocycles. The van der Waals surface area contributed by atoms with Crippen LogP contribution in [0.4, 0.5) is 4.39 Å². The number of carbonyl (C=O) groups is 1. The molecule has 4 aromatic rings. The van der Waals surface area contributed by atoms with Gasteiger partial charge in [-0.3, -0.25) is 9.36 Å². The lowest BCUT2D eigenvalue weighted by atomic mass is 10.1. The van der Waals surface area contributed by atoms with Crippen LogP contribution < -0.4 is 5.32 Å². The fourth-order valence-electron chi connectivity index (χ4n) is 2.97. The highest BCUT2D eigenvalue weighted by atomic mass is 32.2.